The first-order valence-corrected chi connectivity index (χ1v) is 8.45. The van der Waals surface area contributed by atoms with Crippen LogP contribution in [0.25, 0.3) is 0 Å². The third-order valence-electron chi connectivity index (χ3n) is 4.37. The molecule has 0 aromatic heterocycles. The Balaban J connectivity index is 1.97. The van der Waals surface area contributed by atoms with E-state index in [2.05, 4.69) is 26.0 Å². The van der Waals surface area contributed by atoms with Gasteiger partial charge in [-0.3, -0.25) is 4.79 Å². The quantitative estimate of drug-likeness (QED) is 0.667. The number of hydrogen-bond donors (Lipinski definition) is 0. The number of hydrogen-bond acceptors (Lipinski definition) is 3. The molecule has 2 aromatic rings. The third-order valence-corrected chi connectivity index (χ3v) is 4.37. The van der Waals surface area contributed by atoms with E-state index in [0.717, 1.165) is 23.3 Å². The molecule has 3 heteroatoms. The van der Waals surface area contributed by atoms with E-state index in [1.54, 1.807) is 7.11 Å². The number of methoxy groups -OCH3 is 1. The van der Waals surface area contributed by atoms with Crippen LogP contribution in [0.15, 0.2) is 48.5 Å². The summed E-state index contributed by atoms with van der Waals surface area (Å²) in [6, 6.07) is 15.8. The van der Waals surface area contributed by atoms with Crippen LogP contribution in [0.1, 0.15) is 55.9 Å². The van der Waals surface area contributed by atoms with Crippen LogP contribution in [0.3, 0.4) is 0 Å². The van der Waals surface area contributed by atoms with Crippen molar-refractivity contribution in [2.75, 3.05) is 7.11 Å². The van der Waals surface area contributed by atoms with Gasteiger partial charge in [-0.25, -0.2) is 0 Å². The molecule has 2 aromatic carbocycles. The van der Waals surface area contributed by atoms with Gasteiger partial charge in [0, 0.05) is 0 Å². The van der Waals surface area contributed by atoms with Crippen molar-refractivity contribution in [1.82, 2.24) is 0 Å². The summed E-state index contributed by atoms with van der Waals surface area (Å²) in [5, 5.41) is 0. The Kier molecular flexibility index (Phi) is 6.42. The molecule has 0 saturated carbocycles. The fourth-order valence-corrected chi connectivity index (χ4v) is 2.59. The number of carbonyl (C=O) groups is 1. The maximum Gasteiger partial charge on any atom is 0.310 e. The zero-order valence-corrected chi connectivity index (χ0v) is 14.9. The van der Waals surface area contributed by atoms with Crippen LogP contribution in [0.4, 0.5) is 0 Å². The van der Waals surface area contributed by atoms with Crippen LogP contribution in [0.5, 0.6) is 5.75 Å². The van der Waals surface area contributed by atoms with E-state index in [0.29, 0.717) is 12.3 Å². The first-order chi connectivity index (χ1) is 11.5. The molecule has 128 valence electrons. The average molecular weight is 326 g/mol. The van der Waals surface area contributed by atoms with Crippen molar-refractivity contribution >= 4 is 5.97 Å². The summed E-state index contributed by atoms with van der Waals surface area (Å²) < 4.78 is 10.7. The maximum absolute atomic E-state index is 12.2. The molecule has 3 nitrogen and oxygen atoms in total. The molecule has 0 saturated heterocycles. The molecule has 0 amide bonds. The number of ether oxygens (including phenoxy) is 2. The van der Waals surface area contributed by atoms with E-state index < -0.39 is 0 Å². The minimum Gasteiger partial charge on any atom is -0.497 e. The number of esters is 1. The lowest BCUT2D eigenvalue weighted by Crippen LogP contribution is -2.11. The van der Waals surface area contributed by atoms with Crippen molar-refractivity contribution < 1.29 is 14.3 Å². The van der Waals surface area contributed by atoms with Gasteiger partial charge in [-0.05, 0) is 48.1 Å². The van der Waals surface area contributed by atoms with Crippen LogP contribution in [-0.2, 0) is 16.0 Å². The lowest BCUT2D eigenvalue weighted by Gasteiger charge is -2.15. The highest BCUT2D eigenvalue weighted by Crippen LogP contribution is 2.22. The second-order valence-corrected chi connectivity index (χ2v) is 6.14. The van der Waals surface area contributed by atoms with Crippen LogP contribution in [0.2, 0.25) is 0 Å². The van der Waals surface area contributed by atoms with Crippen LogP contribution < -0.4 is 4.74 Å². The summed E-state index contributed by atoms with van der Waals surface area (Å²) in [6.07, 6.45) is 1.11. The third kappa shape index (κ3) is 4.85. The topological polar surface area (TPSA) is 35.5 Å². The van der Waals surface area contributed by atoms with E-state index in [1.165, 1.54) is 5.56 Å². The molecule has 0 N–H and O–H groups in total. The van der Waals surface area contributed by atoms with Crippen LogP contribution >= 0.6 is 0 Å². The molecule has 24 heavy (non-hydrogen) atoms. The highest BCUT2D eigenvalue weighted by Gasteiger charge is 2.13. The van der Waals surface area contributed by atoms with E-state index in [9.17, 15) is 4.79 Å². The number of rotatable bonds is 7. The van der Waals surface area contributed by atoms with Gasteiger partial charge in [-0.15, -0.1) is 0 Å². The average Bonchev–Trinajstić information content (AvgIpc) is 2.61. The fraction of sp³-hybridized carbons (Fsp3) is 0.381. The van der Waals surface area contributed by atoms with Crippen molar-refractivity contribution in [3.63, 3.8) is 0 Å². The standard InChI is InChI=1S/C21H26O3/c1-5-15(2)19-8-6-7-17(13-19)14-21(22)24-16(3)18-9-11-20(23-4)12-10-18/h6-13,15-16H,5,14H2,1-4H3. The van der Waals surface area contributed by atoms with Crippen molar-refractivity contribution in [3.05, 3.63) is 65.2 Å². The summed E-state index contributed by atoms with van der Waals surface area (Å²) in [5.41, 5.74) is 3.23. The Morgan fingerprint density at radius 2 is 1.75 bits per heavy atom. The predicted molar refractivity (Wildman–Crippen MR) is 96.4 cm³/mol. The highest BCUT2D eigenvalue weighted by atomic mass is 16.5. The molecular weight excluding hydrogens is 300 g/mol. The highest BCUT2D eigenvalue weighted by molar-refractivity contribution is 5.73. The Hall–Kier alpha value is -2.29. The molecule has 0 aliphatic rings. The summed E-state index contributed by atoms with van der Waals surface area (Å²) in [4.78, 5) is 12.2. The van der Waals surface area contributed by atoms with Crippen LogP contribution in [0, 0.1) is 0 Å². The minimum atomic E-state index is -0.277. The summed E-state index contributed by atoms with van der Waals surface area (Å²) in [7, 11) is 1.63. The monoisotopic (exact) mass is 326 g/mol. The normalized spacial score (nSPS) is 13.2. The Morgan fingerprint density at radius 1 is 1.04 bits per heavy atom. The van der Waals surface area contributed by atoms with E-state index in [1.807, 2.05) is 43.3 Å². The summed E-state index contributed by atoms with van der Waals surface area (Å²) >= 11 is 0. The second kappa shape index (κ2) is 8.53. The SMILES string of the molecule is CCC(C)c1cccc(CC(=O)OC(C)c2ccc(OC)cc2)c1. The first-order valence-electron chi connectivity index (χ1n) is 8.45. The lowest BCUT2D eigenvalue weighted by molar-refractivity contribution is -0.147. The minimum absolute atomic E-state index is 0.209. The smallest absolute Gasteiger partial charge is 0.310 e. The van der Waals surface area contributed by atoms with Crippen molar-refractivity contribution in [1.29, 1.82) is 0 Å². The molecule has 0 bridgehead atoms. The number of benzene rings is 2. The molecule has 0 spiro atoms. The second-order valence-electron chi connectivity index (χ2n) is 6.14. The van der Waals surface area contributed by atoms with E-state index >= 15 is 0 Å². The van der Waals surface area contributed by atoms with Gasteiger partial charge in [0.2, 0.25) is 0 Å². The van der Waals surface area contributed by atoms with Gasteiger partial charge in [-0.2, -0.15) is 0 Å². The molecule has 2 atom stereocenters. The Bertz CT molecular complexity index is 661. The Morgan fingerprint density at radius 3 is 2.38 bits per heavy atom. The van der Waals surface area contributed by atoms with Crippen molar-refractivity contribution in [2.45, 2.75) is 45.6 Å². The lowest BCUT2D eigenvalue weighted by atomic mass is 9.96. The maximum atomic E-state index is 12.2. The summed E-state index contributed by atoms with van der Waals surface area (Å²) in [5.74, 6) is 1.08. The van der Waals surface area contributed by atoms with Gasteiger partial charge in [-0.1, -0.05) is 50.2 Å². The molecule has 0 heterocycles. The zero-order chi connectivity index (χ0) is 17.5. The molecule has 0 aliphatic heterocycles. The van der Waals surface area contributed by atoms with Gasteiger partial charge in [0.1, 0.15) is 11.9 Å². The molecule has 0 fully saturated rings. The zero-order valence-electron chi connectivity index (χ0n) is 14.9. The molecule has 2 unspecified atom stereocenters. The van der Waals surface area contributed by atoms with E-state index in [4.69, 9.17) is 9.47 Å². The summed E-state index contributed by atoms with van der Waals surface area (Å²) in [6.45, 7) is 6.25. The molecule has 0 aliphatic carbocycles. The van der Waals surface area contributed by atoms with Gasteiger partial charge in [0.25, 0.3) is 0 Å². The van der Waals surface area contributed by atoms with Crippen molar-refractivity contribution in [3.8, 4) is 5.75 Å². The van der Waals surface area contributed by atoms with Crippen molar-refractivity contribution in [2.24, 2.45) is 0 Å². The predicted octanol–water partition coefficient (Wildman–Crippen LogP) is 5.06. The largest absolute Gasteiger partial charge is 0.497 e. The van der Waals surface area contributed by atoms with Gasteiger partial charge < -0.3 is 9.47 Å². The first kappa shape index (κ1) is 18.1. The van der Waals surface area contributed by atoms with Gasteiger partial charge >= 0.3 is 5.97 Å². The van der Waals surface area contributed by atoms with Crippen LogP contribution in [-0.4, -0.2) is 13.1 Å². The molecule has 2 rings (SSSR count). The Labute approximate surface area is 144 Å². The molecule has 0 radical (unpaired) electrons. The van der Waals surface area contributed by atoms with Gasteiger partial charge in [0.05, 0.1) is 13.5 Å². The molecular formula is C21H26O3. The van der Waals surface area contributed by atoms with E-state index in [-0.39, 0.29) is 12.1 Å². The number of carbonyl (C=O) groups excluding carboxylic acids is 1. The van der Waals surface area contributed by atoms with Gasteiger partial charge in [0.15, 0.2) is 0 Å². The fourth-order valence-electron chi connectivity index (χ4n) is 2.59.